The summed E-state index contributed by atoms with van der Waals surface area (Å²) in [5, 5.41) is 15.0. The van der Waals surface area contributed by atoms with E-state index in [0.717, 1.165) is 38.1 Å². The minimum absolute atomic E-state index is 0.0179. The fraction of sp³-hybridized carbons (Fsp3) is 0.846. The van der Waals surface area contributed by atoms with E-state index < -0.39 is 5.60 Å². The maximum absolute atomic E-state index is 10.8. The zero-order chi connectivity index (χ0) is 12.5. The molecular weight excluding hydrogens is 214 g/mol. The van der Waals surface area contributed by atoms with Crippen LogP contribution in [0, 0.1) is 5.41 Å². The molecule has 1 heterocycles. The average molecular weight is 237 g/mol. The normalized spacial score (nSPS) is 27.5. The van der Waals surface area contributed by atoms with Gasteiger partial charge in [0.2, 0.25) is 0 Å². The third kappa shape index (κ3) is 2.23. The molecule has 1 N–H and O–H groups in total. The van der Waals surface area contributed by atoms with E-state index in [9.17, 15) is 5.11 Å². The van der Waals surface area contributed by atoms with E-state index in [2.05, 4.69) is 30.9 Å². The lowest BCUT2D eigenvalue weighted by atomic mass is 9.75. The van der Waals surface area contributed by atoms with Gasteiger partial charge in [-0.05, 0) is 31.1 Å². The van der Waals surface area contributed by atoms with Crippen molar-refractivity contribution in [3.8, 4) is 0 Å². The monoisotopic (exact) mass is 237 g/mol. The van der Waals surface area contributed by atoms with Crippen LogP contribution in [0.3, 0.4) is 0 Å². The van der Waals surface area contributed by atoms with Gasteiger partial charge in [0.15, 0.2) is 0 Å². The first-order chi connectivity index (χ1) is 7.98. The first-order valence-corrected chi connectivity index (χ1v) is 6.57. The smallest absolute Gasteiger partial charge is 0.138 e. The lowest BCUT2D eigenvalue weighted by Crippen LogP contribution is -2.42. The second-order valence-electron chi connectivity index (χ2n) is 5.85. The van der Waals surface area contributed by atoms with E-state index in [1.165, 1.54) is 0 Å². The van der Waals surface area contributed by atoms with E-state index >= 15 is 0 Å². The Morgan fingerprint density at radius 1 is 1.41 bits per heavy atom. The van der Waals surface area contributed by atoms with Gasteiger partial charge < -0.3 is 5.11 Å². The largest absolute Gasteiger partial charge is 0.389 e. The number of hydrogen-bond donors (Lipinski definition) is 1. The summed E-state index contributed by atoms with van der Waals surface area (Å²) in [4.78, 5) is 4.30. The Kier molecular flexibility index (Phi) is 3.25. The Morgan fingerprint density at radius 2 is 2.18 bits per heavy atom. The molecule has 4 heteroatoms. The fourth-order valence-corrected chi connectivity index (χ4v) is 2.81. The molecule has 4 nitrogen and oxygen atoms in total. The van der Waals surface area contributed by atoms with Crippen LogP contribution in [0.1, 0.15) is 52.3 Å². The number of rotatable bonds is 4. The van der Waals surface area contributed by atoms with E-state index in [0.29, 0.717) is 6.42 Å². The summed E-state index contributed by atoms with van der Waals surface area (Å²) in [7, 11) is 0. The van der Waals surface area contributed by atoms with Crippen LogP contribution in [0.25, 0.3) is 0 Å². The molecule has 0 radical (unpaired) electrons. The van der Waals surface area contributed by atoms with Crippen LogP contribution >= 0.6 is 0 Å². The quantitative estimate of drug-likeness (QED) is 0.873. The number of hydrogen-bond acceptors (Lipinski definition) is 3. The summed E-state index contributed by atoms with van der Waals surface area (Å²) in [6.07, 6.45) is 6.32. The molecule has 0 bridgehead atoms. The summed E-state index contributed by atoms with van der Waals surface area (Å²) in [5.41, 5.74) is -0.637. The van der Waals surface area contributed by atoms with Crippen molar-refractivity contribution in [2.45, 2.75) is 65.0 Å². The summed E-state index contributed by atoms with van der Waals surface area (Å²) < 4.78 is 1.92. The van der Waals surface area contributed by atoms with Crippen LogP contribution in [0.15, 0.2) is 6.33 Å². The molecule has 0 amide bonds. The molecule has 0 saturated heterocycles. The van der Waals surface area contributed by atoms with Gasteiger partial charge in [-0.25, -0.2) is 4.98 Å². The maximum atomic E-state index is 10.8. The Bertz CT molecular complexity index is 386. The van der Waals surface area contributed by atoms with Crippen LogP contribution in [0.4, 0.5) is 0 Å². The van der Waals surface area contributed by atoms with Crippen molar-refractivity contribution in [3.05, 3.63) is 12.2 Å². The van der Waals surface area contributed by atoms with Crippen molar-refractivity contribution < 1.29 is 5.11 Å². The molecule has 0 spiro atoms. The highest BCUT2D eigenvalue weighted by atomic mass is 16.3. The van der Waals surface area contributed by atoms with Crippen LogP contribution in [-0.4, -0.2) is 25.5 Å². The average Bonchev–Trinajstić information content (AvgIpc) is 2.75. The molecular formula is C13H23N3O. The molecule has 1 aromatic rings. The standard InChI is InChI=1S/C13H23N3O/c1-4-8-16-11(14-10-15-16)9-13(17)7-5-6-12(13,2)3/h10,17H,4-9H2,1-3H3. The summed E-state index contributed by atoms with van der Waals surface area (Å²) in [6, 6.07) is 0. The first kappa shape index (κ1) is 12.6. The van der Waals surface area contributed by atoms with Gasteiger partial charge in [-0.3, -0.25) is 4.68 Å². The highest BCUT2D eigenvalue weighted by Gasteiger charge is 2.47. The SMILES string of the molecule is CCCn1ncnc1CC1(O)CCCC1(C)C. The number of aromatic nitrogens is 3. The van der Waals surface area contributed by atoms with Gasteiger partial charge in [-0.15, -0.1) is 0 Å². The topological polar surface area (TPSA) is 50.9 Å². The molecule has 1 aliphatic carbocycles. The molecule has 17 heavy (non-hydrogen) atoms. The Morgan fingerprint density at radius 3 is 2.76 bits per heavy atom. The molecule has 2 rings (SSSR count). The molecule has 1 fully saturated rings. The van der Waals surface area contributed by atoms with Gasteiger partial charge in [-0.2, -0.15) is 5.10 Å². The molecule has 0 aromatic carbocycles. The van der Waals surface area contributed by atoms with Gasteiger partial charge in [0.1, 0.15) is 12.2 Å². The van der Waals surface area contributed by atoms with Crippen LogP contribution in [-0.2, 0) is 13.0 Å². The minimum Gasteiger partial charge on any atom is -0.389 e. The van der Waals surface area contributed by atoms with Crippen molar-refractivity contribution in [3.63, 3.8) is 0 Å². The van der Waals surface area contributed by atoms with Gasteiger partial charge in [-0.1, -0.05) is 20.8 Å². The lowest BCUT2D eigenvalue weighted by Gasteiger charge is -2.36. The zero-order valence-corrected chi connectivity index (χ0v) is 11.1. The van der Waals surface area contributed by atoms with Gasteiger partial charge in [0.25, 0.3) is 0 Å². The first-order valence-electron chi connectivity index (χ1n) is 6.57. The highest BCUT2D eigenvalue weighted by molar-refractivity contribution is 5.05. The second-order valence-corrected chi connectivity index (χ2v) is 5.85. The van der Waals surface area contributed by atoms with E-state index in [-0.39, 0.29) is 5.41 Å². The summed E-state index contributed by atoms with van der Waals surface area (Å²) >= 11 is 0. The summed E-state index contributed by atoms with van der Waals surface area (Å²) in [5.74, 6) is 0.921. The van der Waals surface area contributed by atoms with Gasteiger partial charge in [0.05, 0.1) is 5.60 Å². The molecule has 1 aliphatic rings. The maximum Gasteiger partial charge on any atom is 0.138 e. The number of aryl methyl sites for hydroxylation is 1. The Labute approximate surface area is 103 Å². The van der Waals surface area contributed by atoms with Crippen molar-refractivity contribution in [1.82, 2.24) is 14.8 Å². The molecule has 96 valence electrons. The van der Waals surface area contributed by atoms with Crippen molar-refractivity contribution in [2.75, 3.05) is 0 Å². The number of aliphatic hydroxyl groups is 1. The van der Waals surface area contributed by atoms with Crippen LogP contribution < -0.4 is 0 Å². The van der Waals surface area contributed by atoms with E-state index in [4.69, 9.17) is 0 Å². The minimum atomic E-state index is -0.620. The van der Waals surface area contributed by atoms with Crippen molar-refractivity contribution in [2.24, 2.45) is 5.41 Å². The highest BCUT2D eigenvalue weighted by Crippen LogP contribution is 2.47. The predicted molar refractivity (Wildman–Crippen MR) is 66.6 cm³/mol. The van der Waals surface area contributed by atoms with Crippen LogP contribution in [0.2, 0.25) is 0 Å². The third-order valence-electron chi connectivity index (χ3n) is 4.23. The Hall–Kier alpha value is -0.900. The molecule has 0 aliphatic heterocycles. The molecule has 1 unspecified atom stereocenters. The van der Waals surface area contributed by atoms with E-state index in [1.807, 2.05) is 4.68 Å². The molecule has 1 atom stereocenters. The van der Waals surface area contributed by atoms with Gasteiger partial charge in [0, 0.05) is 13.0 Å². The molecule has 1 saturated carbocycles. The Balaban J connectivity index is 2.17. The van der Waals surface area contributed by atoms with Crippen LogP contribution in [0.5, 0.6) is 0 Å². The predicted octanol–water partition coefficient (Wildman–Crippen LogP) is 2.17. The van der Waals surface area contributed by atoms with E-state index in [1.54, 1.807) is 6.33 Å². The zero-order valence-electron chi connectivity index (χ0n) is 11.1. The lowest BCUT2D eigenvalue weighted by molar-refractivity contribution is -0.0441. The number of nitrogens with zero attached hydrogens (tertiary/aromatic N) is 3. The summed E-state index contributed by atoms with van der Waals surface area (Å²) in [6.45, 7) is 7.31. The van der Waals surface area contributed by atoms with Crippen molar-refractivity contribution >= 4 is 0 Å². The van der Waals surface area contributed by atoms with Gasteiger partial charge >= 0.3 is 0 Å². The third-order valence-corrected chi connectivity index (χ3v) is 4.23. The second kappa shape index (κ2) is 4.41. The van der Waals surface area contributed by atoms with Crippen molar-refractivity contribution in [1.29, 1.82) is 0 Å². The fourth-order valence-electron chi connectivity index (χ4n) is 2.81. The molecule has 1 aromatic heterocycles.